The second kappa shape index (κ2) is 5.51. The van der Waals surface area contributed by atoms with Crippen LogP contribution in [0.4, 0.5) is 0 Å². The van der Waals surface area contributed by atoms with Crippen molar-refractivity contribution in [2.45, 2.75) is 19.6 Å². The fourth-order valence-corrected chi connectivity index (χ4v) is 9.67. The quantitative estimate of drug-likeness (QED) is 0.586. The summed E-state index contributed by atoms with van der Waals surface area (Å²) in [4.78, 5) is 0. The first-order chi connectivity index (χ1) is 7.29. The highest BCUT2D eigenvalue weighted by molar-refractivity contribution is 7.46. The smallest absolute Gasteiger partial charge is 0.406 e. The molecule has 0 aliphatic rings. The predicted octanol–water partition coefficient (Wildman–Crippen LogP) is 4.51. The van der Waals surface area contributed by atoms with E-state index >= 15 is 0 Å². The molecule has 0 saturated carbocycles. The van der Waals surface area contributed by atoms with Gasteiger partial charge < -0.3 is 4.12 Å². The van der Waals surface area contributed by atoms with E-state index < -0.39 is 15.3 Å². The molecule has 0 aliphatic heterocycles. The molecule has 0 heterocycles. The third-order valence-corrected chi connectivity index (χ3v) is 7.95. The largest absolute Gasteiger partial charge is 0.431 e. The lowest BCUT2D eigenvalue weighted by Gasteiger charge is -2.24. The number of hydrogen-bond acceptors (Lipinski definition) is 1. The van der Waals surface area contributed by atoms with E-state index in [0.29, 0.717) is 0 Å². The highest BCUT2D eigenvalue weighted by atomic mass is 35.7. The molecule has 0 spiro atoms. The van der Waals surface area contributed by atoms with E-state index in [1.807, 2.05) is 42.1 Å². The zero-order chi connectivity index (χ0) is 12.2. The Morgan fingerprint density at radius 1 is 1.06 bits per heavy atom. The van der Waals surface area contributed by atoms with Gasteiger partial charge in [-0.05, 0) is 30.9 Å². The van der Waals surface area contributed by atoms with Gasteiger partial charge in [-0.1, -0.05) is 36.4 Å². The predicted molar refractivity (Wildman–Crippen MR) is 77.4 cm³/mol. The van der Waals surface area contributed by atoms with Crippen LogP contribution in [0, 0.1) is 0 Å². The minimum atomic E-state index is -2.70. The molecule has 1 aromatic rings. The van der Waals surface area contributed by atoms with E-state index in [1.165, 1.54) is 0 Å². The number of rotatable bonds is 4. The van der Waals surface area contributed by atoms with Crippen LogP contribution in [0.2, 0.25) is 19.6 Å². The third-order valence-electron chi connectivity index (χ3n) is 1.71. The van der Waals surface area contributed by atoms with Gasteiger partial charge in [-0.25, -0.2) is 0 Å². The monoisotopic (exact) mass is 290 g/mol. The molecule has 0 saturated heterocycles. The molecule has 0 N–H and O–H groups in total. The van der Waals surface area contributed by atoms with Crippen molar-refractivity contribution in [3.8, 4) is 0 Å². The van der Waals surface area contributed by atoms with Gasteiger partial charge >= 0.3 is 6.94 Å². The molecule has 16 heavy (non-hydrogen) atoms. The molecule has 0 aliphatic carbocycles. The van der Waals surface area contributed by atoms with Crippen LogP contribution in [0.15, 0.2) is 36.0 Å². The van der Waals surface area contributed by atoms with Crippen LogP contribution in [0.3, 0.4) is 0 Å². The molecular formula is C11H16Cl2OSi2. The van der Waals surface area contributed by atoms with Gasteiger partial charge in [0.15, 0.2) is 8.32 Å². The van der Waals surface area contributed by atoms with Crippen molar-refractivity contribution in [2.75, 3.05) is 0 Å². The Kier molecular flexibility index (Phi) is 4.82. The van der Waals surface area contributed by atoms with E-state index in [9.17, 15) is 0 Å². The lowest BCUT2D eigenvalue weighted by Crippen LogP contribution is -2.37. The molecule has 0 bridgehead atoms. The molecule has 0 fully saturated rings. The highest BCUT2D eigenvalue weighted by Crippen LogP contribution is 2.24. The fraction of sp³-hybridized carbons (Fsp3) is 0.273. The van der Waals surface area contributed by atoms with E-state index in [-0.39, 0.29) is 0 Å². The molecule has 1 nitrogen and oxygen atoms in total. The Morgan fingerprint density at radius 3 is 2.12 bits per heavy atom. The standard InChI is InChI=1S/C11H16Cl2OSi2/c1-15(2,3)14-16(12,13)10-9-11-7-5-4-6-8-11/h4-10H,1-3H3/b10-9+. The molecule has 0 aromatic heterocycles. The van der Waals surface area contributed by atoms with Gasteiger partial charge in [-0.15, -0.1) is 22.2 Å². The maximum Gasteiger partial charge on any atom is 0.406 e. The zero-order valence-corrected chi connectivity index (χ0v) is 13.2. The molecule has 0 atom stereocenters. The molecule has 5 heteroatoms. The second-order valence-corrected chi connectivity index (χ2v) is 15.0. The second-order valence-electron chi connectivity index (χ2n) is 4.52. The van der Waals surface area contributed by atoms with Crippen LogP contribution in [0.5, 0.6) is 0 Å². The van der Waals surface area contributed by atoms with Gasteiger partial charge in [0, 0.05) is 0 Å². The summed E-state index contributed by atoms with van der Waals surface area (Å²) in [6, 6.07) is 9.93. The van der Waals surface area contributed by atoms with E-state index in [2.05, 4.69) is 19.6 Å². The molecule has 1 aromatic carbocycles. The molecule has 0 radical (unpaired) electrons. The average molecular weight is 291 g/mol. The average Bonchev–Trinajstić information content (AvgIpc) is 2.13. The van der Waals surface area contributed by atoms with Crippen LogP contribution >= 0.6 is 22.2 Å². The highest BCUT2D eigenvalue weighted by Gasteiger charge is 2.33. The van der Waals surface area contributed by atoms with Crippen molar-refractivity contribution in [1.82, 2.24) is 0 Å². The van der Waals surface area contributed by atoms with Crippen molar-refractivity contribution >= 4 is 43.5 Å². The maximum absolute atomic E-state index is 6.20. The van der Waals surface area contributed by atoms with Gasteiger partial charge in [0.1, 0.15) is 0 Å². The summed E-state index contributed by atoms with van der Waals surface area (Å²) in [7, 11) is -1.68. The molecule has 0 amide bonds. The Bertz CT molecular complexity index is 358. The molecular weight excluding hydrogens is 275 g/mol. The third kappa shape index (κ3) is 5.87. The number of hydrogen-bond donors (Lipinski definition) is 0. The lowest BCUT2D eigenvalue weighted by molar-refractivity contribution is 0.592. The van der Waals surface area contributed by atoms with Crippen molar-refractivity contribution < 1.29 is 4.12 Å². The topological polar surface area (TPSA) is 9.23 Å². The van der Waals surface area contributed by atoms with Crippen LogP contribution in [-0.2, 0) is 4.12 Å². The minimum absolute atomic E-state index is 1.08. The van der Waals surface area contributed by atoms with Crippen molar-refractivity contribution in [2.24, 2.45) is 0 Å². The lowest BCUT2D eigenvalue weighted by atomic mass is 10.2. The van der Waals surface area contributed by atoms with Gasteiger partial charge in [-0.3, -0.25) is 0 Å². The molecule has 0 unspecified atom stereocenters. The fourth-order valence-electron chi connectivity index (χ4n) is 1.20. The summed E-state index contributed by atoms with van der Waals surface area (Å²) in [6.07, 6.45) is 1.92. The van der Waals surface area contributed by atoms with Crippen LogP contribution < -0.4 is 0 Å². The van der Waals surface area contributed by atoms with Crippen LogP contribution in [0.25, 0.3) is 6.08 Å². The zero-order valence-electron chi connectivity index (χ0n) is 9.71. The summed E-state index contributed by atoms with van der Waals surface area (Å²) in [5, 5.41) is 0. The summed E-state index contributed by atoms with van der Waals surface area (Å²) in [5.74, 6) is 0. The van der Waals surface area contributed by atoms with Crippen molar-refractivity contribution in [3.05, 3.63) is 41.6 Å². The molecule has 1 rings (SSSR count). The number of benzene rings is 1. The van der Waals surface area contributed by atoms with Gasteiger partial charge in [0.2, 0.25) is 0 Å². The number of halogens is 2. The first-order valence-corrected chi connectivity index (χ1v) is 12.5. The van der Waals surface area contributed by atoms with Crippen molar-refractivity contribution in [3.63, 3.8) is 0 Å². The Balaban J connectivity index is 2.69. The maximum atomic E-state index is 6.20. The Labute approximate surface area is 109 Å². The summed E-state index contributed by atoms with van der Waals surface area (Å²) in [6.45, 7) is 3.54. The van der Waals surface area contributed by atoms with Crippen LogP contribution in [0.1, 0.15) is 5.56 Å². The summed E-state index contributed by atoms with van der Waals surface area (Å²) >= 11 is 12.4. The first kappa shape index (κ1) is 14.0. The molecule has 88 valence electrons. The minimum Gasteiger partial charge on any atom is -0.431 e. The van der Waals surface area contributed by atoms with Gasteiger partial charge in [-0.2, -0.15) is 0 Å². The van der Waals surface area contributed by atoms with Gasteiger partial charge in [0.25, 0.3) is 0 Å². The van der Waals surface area contributed by atoms with E-state index in [0.717, 1.165) is 5.56 Å². The first-order valence-electron chi connectivity index (χ1n) is 5.11. The van der Waals surface area contributed by atoms with Crippen LogP contribution in [-0.4, -0.2) is 15.3 Å². The Morgan fingerprint density at radius 2 is 1.62 bits per heavy atom. The normalized spacial score (nSPS) is 13.3. The van der Waals surface area contributed by atoms with Gasteiger partial charge in [0.05, 0.1) is 0 Å². The summed E-state index contributed by atoms with van der Waals surface area (Å²) in [5.41, 5.74) is 2.89. The SMILES string of the molecule is C[Si](C)(C)O[Si](Cl)(Cl)/C=C/c1ccccc1. The Hall–Kier alpha value is -0.0662. The summed E-state index contributed by atoms with van der Waals surface area (Å²) < 4.78 is 5.77. The van der Waals surface area contributed by atoms with E-state index in [1.54, 1.807) is 0 Å². The van der Waals surface area contributed by atoms with E-state index in [4.69, 9.17) is 26.3 Å². The van der Waals surface area contributed by atoms with Crippen molar-refractivity contribution in [1.29, 1.82) is 0 Å².